The highest BCUT2D eigenvalue weighted by Crippen LogP contribution is 2.16. The zero-order valence-electron chi connectivity index (χ0n) is 10.5. The Labute approximate surface area is 98.6 Å². The van der Waals surface area contributed by atoms with E-state index in [0.29, 0.717) is 6.54 Å². The van der Waals surface area contributed by atoms with E-state index in [9.17, 15) is 0 Å². The molecule has 0 aromatic heterocycles. The summed E-state index contributed by atoms with van der Waals surface area (Å²) in [7, 11) is 0. The van der Waals surface area contributed by atoms with E-state index in [-0.39, 0.29) is 6.04 Å². The monoisotopic (exact) mass is 218 g/mol. The van der Waals surface area contributed by atoms with Gasteiger partial charge in [0.2, 0.25) is 0 Å². The van der Waals surface area contributed by atoms with Gasteiger partial charge < -0.3 is 11.1 Å². The molecule has 0 bridgehead atoms. The molecule has 1 aromatic carbocycles. The van der Waals surface area contributed by atoms with Crippen molar-refractivity contribution in [2.45, 2.75) is 26.8 Å². The molecule has 0 saturated carbocycles. The molecule has 0 amide bonds. The van der Waals surface area contributed by atoms with Crippen molar-refractivity contribution in [2.75, 3.05) is 13.1 Å². The quantitative estimate of drug-likeness (QED) is 0.745. The molecule has 0 aliphatic heterocycles. The smallest absolute Gasteiger partial charge is 0.0447 e. The van der Waals surface area contributed by atoms with Crippen molar-refractivity contribution in [1.82, 2.24) is 5.32 Å². The Morgan fingerprint density at radius 2 is 1.88 bits per heavy atom. The minimum Gasteiger partial charge on any atom is -0.329 e. The molecule has 1 rings (SSSR count). The number of hydrogen-bond donors (Lipinski definition) is 2. The highest BCUT2D eigenvalue weighted by atomic mass is 14.9. The lowest BCUT2D eigenvalue weighted by atomic mass is 10.0. The van der Waals surface area contributed by atoms with E-state index in [0.717, 1.165) is 12.1 Å². The van der Waals surface area contributed by atoms with Crippen molar-refractivity contribution in [3.63, 3.8) is 0 Å². The summed E-state index contributed by atoms with van der Waals surface area (Å²) in [4.78, 5) is 0. The van der Waals surface area contributed by atoms with Crippen molar-refractivity contribution < 1.29 is 0 Å². The van der Waals surface area contributed by atoms with Crippen LogP contribution in [0.2, 0.25) is 0 Å². The molecule has 16 heavy (non-hydrogen) atoms. The van der Waals surface area contributed by atoms with Gasteiger partial charge in [0.15, 0.2) is 0 Å². The molecule has 0 spiro atoms. The van der Waals surface area contributed by atoms with Gasteiger partial charge >= 0.3 is 0 Å². The van der Waals surface area contributed by atoms with Gasteiger partial charge in [-0.1, -0.05) is 41.5 Å². The molecule has 3 N–H and O–H groups in total. The summed E-state index contributed by atoms with van der Waals surface area (Å²) >= 11 is 0. The Balaban J connectivity index is 2.81. The largest absolute Gasteiger partial charge is 0.329 e. The molecule has 0 radical (unpaired) electrons. The number of nitrogens with one attached hydrogen (secondary N) is 1. The fourth-order valence-electron chi connectivity index (χ4n) is 1.85. The van der Waals surface area contributed by atoms with Crippen LogP contribution in [0, 0.1) is 13.8 Å². The summed E-state index contributed by atoms with van der Waals surface area (Å²) in [6.07, 6.45) is 0. The Morgan fingerprint density at radius 1 is 1.31 bits per heavy atom. The van der Waals surface area contributed by atoms with Gasteiger partial charge in [-0.2, -0.15) is 0 Å². The minimum atomic E-state index is 0.218. The van der Waals surface area contributed by atoms with Gasteiger partial charge in [0.25, 0.3) is 0 Å². The van der Waals surface area contributed by atoms with Gasteiger partial charge in [-0.25, -0.2) is 0 Å². The fraction of sp³-hybridized carbons (Fsp3) is 0.429. The highest BCUT2D eigenvalue weighted by Gasteiger charge is 2.09. The first-order valence-electron chi connectivity index (χ1n) is 5.69. The maximum absolute atomic E-state index is 5.80. The summed E-state index contributed by atoms with van der Waals surface area (Å²) in [5.41, 5.74) is 10.8. The molecule has 1 unspecified atom stereocenters. The first-order chi connectivity index (χ1) is 7.52. The maximum Gasteiger partial charge on any atom is 0.0447 e. The third kappa shape index (κ3) is 3.80. The zero-order valence-corrected chi connectivity index (χ0v) is 10.5. The van der Waals surface area contributed by atoms with E-state index in [1.54, 1.807) is 0 Å². The molecule has 1 aromatic rings. The first kappa shape index (κ1) is 12.9. The first-order valence-corrected chi connectivity index (χ1v) is 5.69. The molecule has 0 saturated heterocycles. The molecular formula is C14H22N2. The third-order valence-electron chi connectivity index (χ3n) is 2.53. The molecular weight excluding hydrogens is 196 g/mol. The molecule has 0 aliphatic carbocycles. The van der Waals surface area contributed by atoms with Gasteiger partial charge in [-0.05, 0) is 26.3 Å². The molecule has 88 valence electrons. The van der Waals surface area contributed by atoms with Crippen LogP contribution in [0.15, 0.2) is 30.4 Å². The Morgan fingerprint density at radius 3 is 2.31 bits per heavy atom. The third-order valence-corrected chi connectivity index (χ3v) is 2.53. The summed E-state index contributed by atoms with van der Waals surface area (Å²) < 4.78 is 0. The van der Waals surface area contributed by atoms with E-state index in [1.165, 1.54) is 16.7 Å². The van der Waals surface area contributed by atoms with Crippen molar-refractivity contribution >= 4 is 0 Å². The standard InChI is InChI=1S/C14H22N2/c1-10(2)9-16-14(8-15)13-6-11(3)5-12(4)7-13/h5-7,14,16H,1,8-9,15H2,2-4H3. The highest BCUT2D eigenvalue weighted by molar-refractivity contribution is 5.31. The van der Waals surface area contributed by atoms with Crippen molar-refractivity contribution in [3.05, 3.63) is 47.0 Å². The second-order valence-electron chi connectivity index (χ2n) is 4.55. The average Bonchev–Trinajstić information content (AvgIpc) is 2.16. The summed E-state index contributed by atoms with van der Waals surface area (Å²) in [5.74, 6) is 0. The topological polar surface area (TPSA) is 38.0 Å². The Bertz CT molecular complexity index is 349. The molecule has 0 fully saturated rings. The van der Waals surface area contributed by atoms with Gasteiger partial charge in [-0.3, -0.25) is 0 Å². The van der Waals surface area contributed by atoms with E-state index >= 15 is 0 Å². The van der Waals surface area contributed by atoms with Gasteiger partial charge in [0, 0.05) is 19.1 Å². The van der Waals surface area contributed by atoms with E-state index in [1.807, 2.05) is 6.92 Å². The normalized spacial score (nSPS) is 12.5. The predicted octanol–water partition coefficient (Wildman–Crippen LogP) is 2.47. The van der Waals surface area contributed by atoms with Crippen LogP contribution in [0.5, 0.6) is 0 Å². The lowest BCUT2D eigenvalue weighted by Crippen LogP contribution is -2.29. The fourth-order valence-corrected chi connectivity index (χ4v) is 1.85. The number of nitrogens with two attached hydrogens (primary N) is 1. The Hall–Kier alpha value is -1.12. The maximum atomic E-state index is 5.80. The Kier molecular flexibility index (Phi) is 4.71. The van der Waals surface area contributed by atoms with Crippen LogP contribution in [0.4, 0.5) is 0 Å². The van der Waals surface area contributed by atoms with Crippen LogP contribution < -0.4 is 11.1 Å². The average molecular weight is 218 g/mol. The number of benzene rings is 1. The van der Waals surface area contributed by atoms with Crippen LogP contribution in [0.1, 0.15) is 29.7 Å². The lowest BCUT2D eigenvalue weighted by molar-refractivity contribution is 0.569. The molecule has 2 nitrogen and oxygen atoms in total. The van der Waals surface area contributed by atoms with Gasteiger partial charge in [0.1, 0.15) is 0 Å². The molecule has 1 atom stereocenters. The molecule has 0 heterocycles. The van der Waals surface area contributed by atoms with E-state index in [4.69, 9.17) is 5.73 Å². The summed E-state index contributed by atoms with van der Waals surface area (Å²) in [5, 5.41) is 3.42. The van der Waals surface area contributed by atoms with Crippen LogP contribution in [0.3, 0.4) is 0 Å². The van der Waals surface area contributed by atoms with Crippen LogP contribution in [-0.4, -0.2) is 13.1 Å². The number of rotatable bonds is 5. The zero-order chi connectivity index (χ0) is 12.1. The summed E-state index contributed by atoms with van der Waals surface area (Å²) in [6, 6.07) is 6.78. The van der Waals surface area contributed by atoms with E-state index in [2.05, 4.69) is 43.9 Å². The van der Waals surface area contributed by atoms with Crippen LogP contribution >= 0.6 is 0 Å². The van der Waals surface area contributed by atoms with Crippen LogP contribution in [-0.2, 0) is 0 Å². The van der Waals surface area contributed by atoms with Gasteiger partial charge in [0.05, 0.1) is 0 Å². The number of aryl methyl sites for hydroxylation is 2. The van der Waals surface area contributed by atoms with Crippen LogP contribution in [0.25, 0.3) is 0 Å². The minimum absolute atomic E-state index is 0.218. The van der Waals surface area contributed by atoms with Crippen molar-refractivity contribution in [1.29, 1.82) is 0 Å². The van der Waals surface area contributed by atoms with E-state index < -0.39 is 0 Å². The summed E-state index contributed by atoms with van der Waals surface area (Å²) in [6.45, 7) is 11.6. The van der Waals surface area contributed by atoms with Crippen molar-refractivity contribution in [2.24, 2.45) is 5.73 Å². The van der Waals surface area contributed by atoms with Crippen molar-refractivity contribution in [3.8, 4) is 0 Å². The molecule has 2 heteroatoms. The SMILES string of the molecule is C=C(C)CNC(CN)c1cc(C)cc(C)c1. The second-order valence-corrected chi connectivity index (χ2v) is 4.55. The number of hydrogen-bond acceptors (Lipinski definition) is 2. The lowest BCUT2D eigenvalue weighted by Gasteiger charge is -2.18. The second kappa shape index (κ2) is 5.83. The molecule has 0 aliphatic rings. The predicted molar refractivity (Wildman–Crippen MR) is 70.5 cm³/mol. The van der Waals surface area contributed by atoms with Gasteiger partial charge in [-0.15, -0.1) is 0 Å².